The van der Waals surface area contributed by atoms with Gasteiger partial charge in [-0.25, -0.2) is 13.9 Å². The molecule has 8 heteroatoms. The van der Waals surface area contributed by atoms with Gasteiger partial charge in [0.1, 0.15) is 11.1 Å². The first-order valence-corrected chi connectivity index (χ1v) is 11.2. The number of nitriles is 1. The lowest BCUT2D eigenvalue weighted by atomic mass is 9.95. The highest BCUT2D eigenvalue weighted by molar-refractivity contribution is 7.99. The summed E-state index contributed by atoms with van der Waals surface area (Å²) in [6, 6.07) is 7.55. The van der Waals surface area contributed by atoms with Crippen LogP contribution in [0.1, 0.15) is 49.4 Å². The summed E-state index contributed by atoms with van der Waals surface area (Å²) in [7, 11) is 0. The van der Waals surface area contributed by atoms with Crippen LogP contribution in [-0.2, 0) is 0 Å². The van der Waals surface area contributed by atoms with Crippen LogP contribution in [0.2, 0.25) is 0 Å². The molecular weight excluding hydrogens is 411 g/mol. The lowest BCUT2D eigenvalue weighted by Gasteiger charge is -2.23. The summed E-state index contributed by atoms with van der Waals surface area (Å²) in [6.07, 6.45) is 13.0. The van der Waals surface area contributed by atoms with Crippen molar-refractivity contribution >= 4 is 17.3 Å². The van der Waals surface area contributed by atoms with Gasteiger partial charge in [-0.15, -0.1) is 0 Å². The van der Waals surface area contributed by atoms with Gasteiger partial charge in [0.15, 0.2) is 5.82 Å². The third kappa shape index (κ3) is 3.59. The van der Waals surface area contributed by atoms with E-state index in [1.165, 1.54) is 43.3 Å². The Morgan fingerprint density at radius 3 is 2.81 bits per heavy atom. The first kappa shape index (κ1) is 19.8. The van der Waals surface area contributed by atoms with Crippen LogP contribution in [0.5, 0.6) is 0 Å². The molecule has 0 aliphatic heterocycles. The average molecular weight is 433 g/mol. The molecule has 1 aliphatic rings. The Bertz CT molecular complexity index is 1300. The van der Waals surface area contributed by atoms with Gasteiger partial charge in [-0.3, -0.25) is 4.68 Å². The van der Waals surface area contributed by atoms with Crippen LogP contribution < -0.4 is 0 Å². The predicted molar refractivity (Wildman–Crippen MR) is 116 cm³/mol. The zero-order valence-corrected chi connectivity index (χ0v) is 17.9. The summed E-state index contributed by atoms with van der Waals surface area (Å²) >= 11 is 1.20. The smallest absolute Gasteiger partial charge is 0.155 e. The van der Waals surface area contributed by atoms with Crippen LogP contribution >= 0.6 is 11.8 Å². The number of rotatable bonds is 4. The average Bonchev–Trinajstić information content (AvgIpc) is 3.39. The minimum absolute atomic E-state index is 0.265. The zero-order valence-electron chi connectivity index (χ0n) is 17.1. The van der Waals surface area contributed by atoms with Crippen LogP contribution in [0.25, 0.3) is 16.6 Å². The fourth-order valence-electron chi connectivity index (χ4n) is 4.34. The van der Waals surface area contributed by atoms with Crippen molar-refractivity contribution in [2.24, 2.45) is 0 Å². The Morgan fingerprint density at radius 2 is 2.03 bits per heavy atom. The molecule has 0 radical (unpaired) electrons. The van der Waals surface area contributed by atoms with Crippen LogP contribution in [-0.4, -0.2) is 24.4 Å². The SMILES string of the molecule is Cc1c(-c2cc(Sc3ncccc3F)c3c(C#N)cnn3c2)cnn1C1CCCCC1. The van der Waals surface area contributed by atoms with Gasteiger partial charge in [0.05, 0.1) is 29.5 Å². The first-order valence-electron chi connectivity index (χ1n) is 10.4. The monoisotopic (exact) mass is 432 g/mol. The van der Waals surface area contributed by atoms with Crippen LogP contribution in [0.3, 0.4) is 0 Å². The Kier molecular flexibility index (Phi) is 5.20. The van der Waals surface area contributed by atoms with E-state index in [1.54, 1.807) is 16.8 Å². The summed E-state index contributed by atoms with van der Waals surface area (Å²) in [6.45, 7) is 2.09. The molecule has 31 heavy (non-hydrogen) atoms. The lowest BCUT2D eigenvalue weighted by molar-refractivity contribution is 0.325. The Labute approximate surface area is 183 Å². The van der Waals surface area contributed by atoms with E-state index in [-0.39, 0.29) is 5.03 Å². The number of hydrogen-bond acceptors (Lipinski definition) is 5. The van der Waals surface area contributed by atoms with Crippen molar-refractivity contribution in [1.82, 2.24) is 24.4 Å². The first-order chi connectivity index (χ1) is 15.2. The van der Waals surface area contributed by atoms with Crippen molar-refractivity contribution < 1.29 is 4.39 Å². The third-order valence-corrected chi connectivity index (χ3v) is 6.93. The van der Waals surface area contributed by atoms with Crippen LogP contribution in [0, 0.1) is 24.1 Å². The van der Waals surface area contributed by atoms with Gasteiger partial charge in [-0.1, -0.05) is 31.0 Å². The maximum atomic E-state index is 14.3. The molecule has 0 spiro atoms. The van der Waals surface area contributed by atoms with Gasteiger partial charge in [-0.2, -0.15) is 15.5 Å². The molecule has 156 valence electrons. The molecule has 1 aliphatic carbocycles. The molecule has 0 bridgehead atoms. The van der Waals surface area contributed by atoms with Crippen LogP contribution in [0.15, 0.2) is 52.9 Å². The van der Waals surface area contributed by atoms with Gasteiger partial charge in [0, 0.05) is 34.1 Å². The van der Waals surface area contributed by atoms with E-state index < -0.39 is 5.82 Å². The maximum absolute atomic E-state index is 14.3. The number of fused-ring (bicyclic) bond motifs is 1. The third-order valence-electron chi connectivity index (χ3n) is 5.90. The number of pyridine rings is 2. The minimum Gasteiger partial charge on any atom is -0.266 e. The molecule has 0 N–H and O–H groups in total. The van der Waals surface area contributed by atoms with E-state index in [1.807, 2.05) is 18.5 Å². The van der Waals surface area contributed by atoms with Gasteiger partial charge in [-0.05, 0) is 38.0 Å². The molecule has 0 unspecified atom stereocenters. The highest BCUT2D eigenvalue weighted by Gasteiger charge is 2.21. The second-order valence-electron chi connectivity index (χ2n) is 7.83. The summed E-state index contributed by atoms with van der Waals surface area (Å²) in [5, 5.41) is 18.9. The van der Waals surface area contributed by atoms with Gasteiger partial charge >= 0.3 is 0 Å². The second-order valence-corrected chi connectivity index (χ2v) is 8.86. The Morgan fingerprint density at radius 1 is 1.19 bits per heavy atom. The second kappa shape index (κ2) is 8.16. The molecular formula is C23H21FN6S. The van der Waals surface area contributed by atoms with Crippen molar-refractivity contribution in [1.29, 1.82) is 5.26 Å². The van der Waals surface area contributed by atoms with E-state index in [4.69, 9.17) is 5.10 Å². The summed E-state index contributed by atoms with van der Waals surface area (Å²) in [4.78, 5) is 4.89. The Hall–Kier alpha value is -3.18. The molecule has 1 saturated carbocycles. The molecule has 1 fully saturated rings. The van der Waals surface area contributed by atoms with E-state index in [2.05, 4.69) is 27.8 Å². The van der Waals surface area contributed by atoms with E-state index in [0.717, 1.165) is 34.6 Å². The summed E-state index contributed by atoms with van der Waals surface area (Å²) in [5.74, 6) is -0.393. The number of nitrogens with zero attached hydrogens (tertiary/aromatic N) is 6. The van der Waals surface area contributed by atoms with Gasteiger partial charge < -0.3 is 0 Å². The zero-order chi connectivity index (χ0) is 21.4. The number of halogens is 1. The van der Waals surface area contributed by atoms with E-state index in [9.17, 15) is 9.65 Å². The Balaban J connectivity index is 1.62. The highest BCUT2D eigenvalue weighted by atomic mass is 32.2. The van der Waals surface area contributed by atoms with Gasteiger partial charge in [0.2, 0.25) is 0 Å². The molecule has 0 atom stereocenters. The van der Waals surface area contributed by atoms with Crippen LogP contribution in [0.4, 0.5) is 4.39 Å². The fourth-order valence-corrected chi connectivity index (χ4v) is 5.32. The molecule has 0 aromatic carbocycles. The lowest BCUT2D eigenvalue weighted by Crippen LogP contribution is -2.15. The van der Waals surface area contributed by atoms with Gasteiger partial charge in [0.25, 0.3) is 0 Å². The van der Waals surface area contributed by atoms with Crippen molar-refractivity contribution in [3.63, 3.8) is 0 Å². The maximum Gasteiger partial charge on any atom is 0.155 e. The molecule has 5 rings (SSSR count). The van der Waals surface area contributed by atoms with Crippen molar-refractivity contribution in [2.45, 2.75) is 55.0 Å². The van der Waals surface area contributed by atoms with Crippen molar-refractivity contribution in [3.8, 4) is 17.2 Å². The molecule has 4 heterocycles. The topological polar surface area (TPSA) is 71.8 Å². The fraction of sp³-hybridized carbons (Fsp3) is 0.304. The summed E-state index contributed by atoms with van der Waals surface area (Å²) in [5.41, 5.74) is 4.15. The predicted octanol–water partition coefficient (Wildman–Crippen LogP) is 5.57. The quantitative estimate of drug-likeness (QED) is 0.422. The largest absolute Gasteiger partial charge is 0.266 e. The molecule has 0 amide bonds. The van der Waals surface area contributed by atoms with E-state index in [0.29, 0.717) is 17.1 Å². The van der Waals surface area contributed by atoms with Crippen molar-refractivity contribution in [3.05, 3.63) is 60.1 Å². The minimum atomic E-state index is -0.393. The normalized spacial score (nSPS) is 14.7. The molecule has 6 nitrogen and oxygen atoms in total. The number of aromatic nitrogens is 5. The summed E-state index contributed by atoms with van der Waals surface area (Å²) < 4.78 is 18.1. The highest BCUT2D eigenvalue weighted by Crippen LogP contribution is 2.37. The molecule has 0 saturated heterocycles. The number of hydrogen-bond donors (Lipinski definition) is 0. The molecule has 4 aromatic rings. The van der Waals surface area contributed by atoms with Crippen molar-refractivity contribution in [2.75, 3.05) is 0 Å². The molecule has 4 aromatic heterocycles. The van der Waals surface area contributed by atoms with E-state index >= 15 is 0 Å². The standard InChI is InChI=1S/C23H21FN6S/c1-15-19(13-28-30(15)18-6-3-2-4-7-18)16-10-21(31-23-20(24)8-5-9-26-23)22-17(11-25)12-27-29(22)14-16/h5,8-10,12-14,18H,2-4,6-7H2,1H3.